The Kier molecular flexibility index (Phi) is 6.81. The highest BCUT2D eigenvalue weighted by Crippen LogP contribution is 2.31. The predicted octanol–water partition coefficient (Wildman–Crippen LogP) is 6.09. The molecular weight excluding hydrogens is 461 g/mol. The van der Waals surface area contributed by atoms with E-state index in [0.717, 1.165) is 11.4 Å². The minimum atomic E-state index is -4.77. The van der Waals surface area contributed by atoms with E-state index >= 15 is 0 Å². The molecule has 0 spiro atoms. The number of carbonyl (C=O) groups excluding carboxylic acids is 1. The summed E-state index contributed by atoms with van der Waals surface area (Å²) in [5.41, 5.74) is 1.98. The Bertz CT molecular complexity index is 1250. The second-order valence-corrected chi connectivity index (χ2v) is 7.93. The highest BCUT2D eigenvalue weighted by atomic mass is 19.4. The summed E-state index contributed by atoms with van der Waals surface area (Å²) in [5.74, 6) is 0.132. The van der Waals surface area contributed by atoms with E-state index in [4.69, 9.17) is 4.74 Å². The first-order valence-corrected chi connectivity index (χ1v) is 10.8. The number of anilines is 1. The van der Waals surface area contributed by atoms with Crippen LogP contribution in [0.1, 0.15) is 12.6 Å². The van der Waals surface area contributed by atoms with Crippen LogP contribution < -0.4 is 15.4 Å². The van der Waals surface area contributed by atoms with E-state index in [2.05, 4.69) is 20.5 Å². The lowest BCUT2D eigenvalue weighted by molar-refractivity contribution is -0.303. The highest BCUT2D eigenvalue weighted by Gasteiger charge is 2.33. The highest BCUT2D eigenvalue weighted by molar-refractivity contribution is 5.91. The second-order valence-electron chi connectivity index (χ2n) is 7.93. The number of halogens is 3. The molecule has 2 aromatic carbocycles. The van der Waals surface area contributed by atoms with Gasteiger partial charge in [0.2, 0.25) is 5.88 Å². The molecule has 0 fully saturated rings. The van der Waals surface area contributed by atoms with Crippen LogP contribution in [0.4, 0.5) is 23.7 Å². The molecule has 2 amide bonds. The Hall–Kier alpha value is -4.21. The number of allylic oxidation sites excluding steroid dienone is 1. The Labute approximate surface area is 199 Å². The molecule has 2 atom stereocenters. The summed E-state index contributed by atoms with van der Waals surface area (Å²) >= 11 is 0. The molecule has 1 aliphatic rings. The normalized spacial score (nSPS) is 17.5. The smallest absolute Gasteiger partial charge is 0.437 e. The summed E-state index contributed by atoms with van der Waals surface area (Å²) in [6.45, 7) is 3.53. The van der Waals surface area contributed by atoms with Gasteiger partial charge in [-0.05, 0) is 43.3 Å². The van der Waals surface area contributed by atoms with Gasteiger partial charge >= 0.3 is 12.4 Å². The molecular formula is C25H23F3N4O3. The Balaban J connectivity index is 1.45. The van der Waals surface area contributed by atoms with E-state index in [1.165, 1.54) is 18.2 Å². The molecule has 35 heavy (non-hydrogen) atoms. The summed E-state index contributed by atoms with van der Waals surface area (Å²) in [7, 11) is 0. The van der Waals surface area contributed by atoms with Crippen LogP contribution in [0.2, 0.25) is 0 Å². The zero-order valence-electron chi connectivity index (χ0n) is 18.9. The number of hydrogen-bond acceptors (Lipinski definition) is 4. The maximum atomic E-state index is 12.7. The molecule has 0 saturated carbocycles. The number of nitrogens with zero attached hydrogens (tertiary/aromatic N) is 2. The third kappa shape index (κ3) is 6.23. The van der Waals surface area contributed by atoms with Gasteiger partial charge in [0.05, 0.1) is 23.1 Å². The largest absolute Gasteiger partial charge is 0.573 e. The van der Waals surface area contributed by atoms with Gasteiger partial charge in [-0.15, -0.1) is 13.2 Å². The summed E-state index contributed by atoms with van der Waals surface area (Å²) in [6, 6.07) is 17.1. The van der Waals surface area contributed by atoms with E-state index in [9.17, 15) is 18.0 Å². The van der Waals surface area contributed by atoms with Crippen molar-refractivity contribution < 1.29 is 27.4 Å². The molecule has 0 saturated heterocycles. The minimum Gasteiger partial charge on any atom is -0.437 e. The SMILES string of the molecule is Cc1cc(Oc2ccccc2NC(=O)NC2C=CC(OC(F)(F)F)=CC2C)n(-c2ccccc2)n1. The molecule has 1 aromatic heterocycles. The van der Waals surface area contributed by atoms with Crippen LogP contribution in [-0.4, -0.2) is 28.2 Å². The van der Waals surface area contributed by atoms with Gasteiger partial charge in [-0.25, -0.2) is 9.48 Å². The first kappa shape index (κ1) is 23.9. The third-order valence-corrected chi connectivity index (χ3v) is 5.14. The molecule has 0 aliphatic heterocycles. The third-order valence-electron chi connectivity index (χ3n) is 5.14. The summed E-state index contributed by atoms with van der Waals surface area (Å²) in [6.07, 6.45) is -0.828. The average molecular weight is 484 g/mol. The number of rotatable bonds is 6. The van der Waals surface area contributed by atoms with Crippen LogP contribution in [-0.2, 0) is 4.74 Å². The zero-order valence-corrected chi connectivity index (χ0v) is 18.9. The van der Waals surface area contributed by atoms with Crippen LogP contribution in [0.15, 0.2) is 84.7 Å². The fraction of sp³-hybridized carbons (Fsp3) is 0.200. The van der Waals surface area contributed by atoms with Gasteiger partial charge in [0.1, 0.15) is 5.76 Å². The van der Waals surface area contributed by atoms with Crippen molar-refractivity contribution in [3.8, 4) is 17.3 Å². The molecule has 182 valence electrons. The van der Waals surface area contributed by atoms with E-state index in [1.54, 1.807) is 41.9 Å². The number of ether oxygens (including phenoxy) is 2. The number of aromatic nitrogens is 2. The monoisotopic (exact) mass is 484 g/mol. The van der Waals surface area contributed by atoms with Crippen molar-refractivity contribution in [2.45, 2.75) is 26.3 Å². The standard InChI is InChI=1S/C25H23F3N4O3/c1-16-14-19(35-25(26,27)28)12-13-20(16)29-24(33)30-21-10-6-7-11-22(21)34-23-15-17(2)31-32(23)18-8-4-3-5-9-18/h3-16,20H,1-2H3,(H2,29,30,33). The van der Waals surface area contributed by atoms with Crippen LogP contribution in [0.3, 0.4) is 0 Å². The van der Waals surface area contributed by atoms with Crippen LogP contribution >= 0.6 is 0 Å². The molecule has 1 heterocycles. The minimum absolute atomic E-state index is 0.312. The average Bonchev–Trinajstić information content (AvgIpc) is 3.16. The quantitative estimate of drug-likeness (QED) is 0.444. The van der Waals surface area contributed by atoms with Crippen LogP contribution in [0, 0.1) is 12.8 Å². The maximum absolute atomic E-state index is 12.7. The molecule has 7 nitrogen and oxygen atoms in total. The lowest BCUT2D eigenvalue weighted by atomic mass is 9.96. The predicted molar refractivity (Wildman–Crippen MR) is 124 cm³/mol. The summed E-state index contributed by atoms with van der Waals surface area (Å²) < 4.78 is 49.0. The summed E-state index contributed by atoms with van der Waals surface area (Å²) in [4.78, 5) is 12.7. The van der Waals surface area contributed by atoms with Gasteiger partial charge in [-0.2, -0.15) is 5.10 Å². The van der Waals surface area contributed by atoms with Crippen molar-refractivity contribution in [1.29, 1.82) is 0 Å². The molecule has 1 aliphatic carbocycles. The first-order valence-electron chi connectivity index (χ1n) is 10.8. The molecule has 4 rings (SSSR count). The molecule has 2 unspecified atom stereocenters. The molecule has 3 aromatic rings. The maximum Gasteiger partial charge on any atom is 0.573 e. The molecule has 0 bridgehead atoms. The van der Waals surface area contributed by atoms with Gasteiger partial charge < -0.3 is 20.1 Å². The molecule has 10 heteroatoms. The Morgan fingerprint density at radius 1 is 1.09 bits per heavy atom. The first-order chi connectivity index (χ1) is 16.7. The number of amides is 2. The number of benzene rings is 2. The Morgan fingerprint density at radius 2 is 1.80 bits per heavy atom. The van der Waals surface area contributed by atoms with Crippen molar-refractivity contribution in [3.05, 3.63) is 90.3 Å². The fourth-order valence-corrected chi connectivity index (χ4v) is 3.56. The van der Waals surface area contributed by atoms with Crippen LogP contribution in [0.5, 0.6) is 11.6 Å². The van der Waals surface area contributed by atoms with Gasteiger partial charge in [0.15, 0.2) is 5.75 Å². The van der Waals surface area contributed by atoms with Gasteiger partial charge in [0, 0.05) is 12.0 Å². The topological polar surface area (TPSA) is 77.4 Å². The number of aryl methyl sites for hydroxylation is 1. The number of urea groups is 1. The van der Waals surface area contributed by atoms with Crippen molar-refractivity contribution >= 4 is 11.7 Å². The molecule has 2 N–H and O–H groups in total. The van der Waals surface area contributed by atoms with Crippen molar-refractivity contribution in [2.24, 2.45) is 5.92 Å². The zero-order chi connectivity index (χ0) is 25.0. The van der Waals surface area contributed by atoms with E-state index in [-0.39, 0.29) is 5.76 Å². The number of para-hydroxylation sites is 3. The molecule has 0 radical (unpaired) electrons. The Morgan fingerprint density at radius 3 is 2.51 bits per heavy atom. The van der Waals surface area contributed by atoms with E-state index in [0.29, 0.717) is 17.3 Å². The van der Waals surface area contributed by atoms with Gasteiger partial charge in [0.25, 0.3) is 0 Å². The number of carbonyl (C=O) groups is 1. The van der Waals surface area contributed by atoms with Crippen molar-refractivity contribution in [3.63, 3.8) is 0 Å². The lowest BCUT2D eigenvalue weighted by Gasteiger charge is -2.24. The summed E-state index contributed by atoms with van der Waals surface area (Å²) in [5, 5.41) is 9.97. The lowest BCUT2D eigenvalue weighted by Crippen LogP contribution is -2.41. The fourth-order valence-electron chi connectivity index (χ4n) is 3.56. The number of alkyl halides is 3. The second kappa shape index (κ2) is 9.96. The van der Waals surface area contributed by atoms with Gasteiger partial charge in [-0.1, -0.05) is 43.3 Å². The van der Waals surface area contributed by atoms with Crippen LogP contribution in [0.25, 0.3) is 5.69 Å². The van der Waals surface area contributed by atoms with Gasteiger partial charge in [-0.3, -0.25) is 0 Å². The number of hydrogen-bond donors (Lipinski definition) is 2. The van der Waals surface area contributed by atoms with Crippen molar-refractivity contribution in [1.82, 2.24) is 15.1 Å². The van der Waals surface area contributed by atoms with E-state index in [1.807, 2.05) is 37.3 Å². The number of nitrogens with one attached hydrogen (secondary N) is 2. The van der Waals surface area contributed by atoms with Crippen molar-refractivity contribution in [2.75, 3.05) is 5.32 Å². The van der Waals surface area contributed by atoms with E-state index < -0.39 is 24.4 Å².